The molecule has 148 valence electrons. The summed E-state index contributed by atoms with van der Waals surface area (Å²) in [5, 5.41) is 5.32. The zero-order valence-electron chi connectivity index (χ0n) is 16.0. The van der Waals surface area contributed by atoms with Gasteiger partial charge in [0, 0.05) is 12.1 Å². The number of hydrogen-bond acceptors (Lipinski definition) is 5. The van der Waals surface area contributed by atoms with Gasteiger partial charge in [-0.2, -0.15) is 0 Å². The van der Waals surface area contributed by atoms with E-state index in [1.165, 1.54) is 7.11 Å². The number of carbonyl (C=O) groups excluding carboxylic acids is 3. The molecule has 0 radical (unpaired) electrons. The Morgan fingerprint density at radius 3 is 2.29 bits per heavy atom. The van der Waals surface area contributed by atoms with Gasteiger partial charge in [0.05, 0.1) is 19.2 Å². The molecule has 2 amide bonds. The van der Waals surface area contributed by atoms with Gasteiger partial charge < -0.3 is 20.1 Å². The second kappa shape index (κ2) is 10.7. The SMILES string of the molecule is CCc1ccc(NC(=O)COC(=O)CCC(=O)Nc2ccccc2OC)cc1. The maximum atomic E-state index is 12.0. The lowest BCUT2D eigenvalue weighted by atomic mass is 10.1. The van der Waals surface area contributed by atoms with E-state index in [2.05, 4.69) is 10.6 Å². The van der Waals surface area contributed by atoms with Crippen molar-refractivity contribution in [2.75, 3.05) is 24.4 Å². The zero-order valence-corrected chi connectivity index (χ0v) is 16.0. The number of hydrogen-bond donors (Lipinski definition) is 2. The van der Waals surface area contributed by atoms with E-state index in [0.717, 1.165) is 12.0 Å². The predicted octanol–water partition coefficient (Wildman–Crippen LogP) is 3.16. The molecule has 2 N–H and O–H groups in total. The highest BCUT2D eigenvalue weighted by Gasteiger charge is 2.12. The van der Waals surface area contributed by atoms with E-state index < -0.39 is 18.5 Å². The maximum Gasteiger partial charge on any atom is 0.306 e. The second-order valence-corrected chi connectivity index (χ2v) is 6.01. The Morgan fingerprint density at radius 1 is 0.893 bits per heavy atom. The van der Waals surface area contributed by atoms with Crippen LogP contribution in [0.3, 0.4) is 0 Å². The number of anilines is 2. The van der Waals surface area contributed by atoms with Gasteiger partial charge in [0.25, 0.3) is 5.91 Å². The van der Waals surface area contributed by atoms with Gasteiger partial charge in [0.15, 0.2) is 6.61 Å². The molecule has 2 aromatic rings. The normalized spacial score (nSPS) is 10.1. The number of benzene rings is 2. The van der Waals surface area contributed by atoms with E-state index in [4.69, 9.17) is 9.47 Å². The summed E-state index contributed by atoms with van der Waals surface area (Å²) in [5.41, 5.74) is 2.32. The lowest BCUT2D eigenvalue weighted by molar-refractivity contribution is -0.147. The molecule has 0 saturated heterocycles. The van der Waals surface area contributed by atoms with Crippen molar-refractivity contribution in [2.24, 2.45) is 0 Å². The molecule has 2 aromatic carbocycles. The van der Waals surface area contributed by atoms with E-state index in [9.17, 15) is 14.4 Å². The van der Waals surface area contributed by atoms with Gasteiger partial charge in [0.1, 0.15) is 5.75 Å². The van der Waals surface area contributed by atoms with Crippen LogP contribution in [0.4, 0.5) is 11.4 Å². The third-order valence-corrected chi connectivity index (χ3v) is 3.95. The number of para-hydroxylation sites is 2. The first-order chi connectivity index (χ1) is 13.5. The monoisotopic (exact) mass is 384 g/mol. The van der Waals surface area contributed by atoms with Crippen LogP contribution in [-0.4, -0.2) is 31.5 Å². The first-order valence-electron chi connectivity index (χ1n) is 8.99. The molecule has 0 atom stereocenters. The van der Waals surface area contributed by atoms with Crippen LogP contribution < -0.4 is 15.4 Å². The number of ether oxygens (including phenoxy) is 2. The van der Waals surface area contributed by atoms with Crippen molar-refractivity contribution in [2.45, 2.75) is 26.2 Å². The number of rotatable bonds is 9. The minimum atomic E-state index is -0.619. The van der Waals surface area contributed by atoms with Crippen molar-refractivity contribution in [3.63, 3.8) is 0 Å². The van der Waals surface area contributed by atoms with Crippen LogP contribution in [-0.2, 0) is 25.5 Å². The summed E-state index contributed by atoms with van der Waals surface area (Å²) in [4.78, 5) is 35.6. The second-order valence-electron chi connectivity index (χ2n) is 6.01. The molecular weight excluding hydrogens is 360 g/mol. The molecular formula is C21H24N2O5. The number of amides is 2. The largest absolute Gasteiger partial charge is 0.495 e. The fourth-order valence-corrected chi connectivity index (χ4v) is 2.42. The molecule has 2 rings (SSSR count). The molecule has 0 fully saturated rings. The average molecular weight is 384 g/mol. The van der Waals surface area contributed by atoms with Crippen LogP contribution in [0.2, 0.25) is 0 Å². The lowest BCUT2D eigenvalue weighted by Gasteiger charge is -2.10. The van der Waals surface area contributed by atoms with Crippen LogP contribution in [0.15, 0.2) is 48.5 Å². The van der Waals surface area contributed by atoms with Crippen molar-refractivity contribution in [1.29, 1.82) is 0 Å². The average Bonchev–Trinajstić information content (AvgIpc) is 2.71. The molecule has 0 aliphatic carbocycles. The quantitative estimate of drug-likeness (QED) is 0.648. The molecule has 7 heteroatoms. The van der Waals surface area contributed by atoms with Crippen LogP contribution >= 0.6 is 0 Å². The summed E-state index contributed by atoms with van der Waals surface area (Å²) < 4.78 is 10.1. The molecule has 0 aliphatic rings. The summed E-state index contributed by atoms with van der Waals surface area (Å²) in [5.74, 6) is -0.869. The number of methoxy groups -OCH3 is 1. The highest BCUT2D eigenvalue weighted by molar-refractivity contribution is 5.95. The molecule has 28 heavy (non-hydrogen) atoms. The minimum Gasteiger partial charge on any atom is -0.495 e. The third-order valence-electron chi connectivity index (χ3n) is 3.95. The fourth-order valence-electron chi connectivity index (χ4n) is 2.42. The van der Waals surface area contributed by atoms with E-state index >= 15 is 0 Å². The molecule has 0 spiro atoms. The minimum absolute atomic E-state index is 0.0586. The van der Waals surface area contributed by atoms with Crippen molar-refractivity contribution >= 4 is 29.2 Å². The molecule has 0 aliphatic heterocycles. The first kappa shape index (κ1) is 21.0. The Labute approximate surface area is 164 Å². The highest BCUT2D eigenvalue weighted by atomic mass is 16.5. The Bertz CT molecular complexity index is 818. The Hall–Kier alpha value is -3.35. The summed E-state index contributed by atoms with van der Waals surface area (Å²) in [7, 11) is 1.51. The predicted molar refractivity (Wildman–Crippen MR) is 106 cm³/mol. The van der Waals surface area contributed by atoms with Crippen molar-refractivity contribution in [3.8, 4) is 5.75 Å². The van der Waals surface area contributed by atoms with Gasteiger partial charge in [-0.25, -0.2) is 0 Å². The smallest absolute Gasteiger partial charge is 0.306 e. The number of nitrogens with one attached hydrogen (secondary N) is 2. The van der Waals surface area contributed by atoms with E-state index in [1.807, 2.05) is 19.1 Å². The zero-order chi connectivity index (χ0) is 20.4. The number of esters is 1. The van der Waals surface area contributed by atoms with Crippen molar-refractivity contribution < 1.29 is 23.9 Å². The van der Waals surface area contributed by atoms with Crippen LogP contribution in [0.25, 0.3) is 0 Å². The fraction of sp³-hybridized carbons (Fsp3) is 0.286. The van der Waals surface area contributed by atoms with Crippen molar-refractivity contribution in [1.82, 2.24) is 0 Å². The van der Waals surface area contributed by atoms with Crippen LogP contribution in [0.1, 0.15) is 25.3 Å². The lowest BCUT2D eigenvalue weighted by Crippen LogP contribution is -2.21. The molecule has 0 aromatic heterocycles. The number of aryl methyl sites for hydroxylation is 1. The maximum absolute atomic E-state index is 12.0. The molecule has 0 saturated carbocycles. The van der Waals surface area contributed by atoms with Gasteiger partial charge in [-0.05, 0) is 36.2 Å². The molecule has 0 unspecified atom stereocenters. The van der Waals surface area contributed by atoms with Gasteiger partial charge in [-0.15, -0.1) is 0 Å². The summed E-state index contributed by atoms with van der Waals surface area (Å²) in [6.45, 7) is 1.64. The van der Waals surface area contributed by atoms with Crippen LogP contribution in [0.5, 0.6) is 5.75 Å². The Morgan fingerprint density at radius 2 is 1.61 bits per heavy atom. The molecule has 0 bridgehead atoms. The summed E-state index contributed by atoms with van der Waals surface area (Å²) in [6, 6.07) is 14.4. The Kier molecular flexibility index (Phi) is 8.02. The van der Waals surface area contributed by atoms with Gasteiger partial charge in [-0.1, -0.05) is 31.2 Å². The molecule has 0 heterocycles. The first-order valence-corrected chi connectivity index (χ1v) is 8.99. The third kappa shape index (κ3) is 6.75. The summed E-state index contributed by atoms with van der Waals surface area (Å²) in [6.07, 6.45) is 0.729. The van der Waals surface area contributed by atoms with E-state index in [-0.39, 0.29) is 18.7 Å². The van der Waals surface area contributed by atoms with E-state index in [1.54, 1.807) is 36.4 Å². The number of carbonyl (C=O) groups is 3. The Balaban J connectivity index is 1.70. The van der Waals surface area contributed by atoms with Crippen LogP contribution in [0, 0.1) is 0 Å². The van der Waals surface area contributed by atoms with Gasteiger partial charge in [0.2, 0.25) is 5.91 Å². The summed E-state index contributed by atoms with van der Waals surface area (Å²) >= 11 is 0. The van der Waals surface area contributed by atoms with Gasteiger partial charge in [-0.3, -0.25) is 14.4 Å². The standard InChI is InChI=1S/C21H24N2O5/c1-3-15-8-10-16(11-9-15)22-20(25)14-28-21(26)13-12-19(24)23-17-6-4-5-7-18(17)27-2/h4-11H,3,12-14H2,1-2H3,(H,22,25)(H,23,24). The highest BCUT2D eigenvalue weighted by Crippen LogP contribution is 2.23. The van der Waals surface area contributed by atoms with Crippen molar-refractivity contribution in [3.05, 3.63) is 54.1 Å². The topological polar surface area (TPSA) is 93.7 Å². The van der Waals surface area contributed by atoms with Gasteiger partial charge >= 0.3 is 5.97 Å². The van der Waals surface area contributed by atoms with E-state index in [0.29, 0.717) is 17.1 Å². The molecule has 7 nitrogen and oxygen atoms in total.